The first-order valence-electron chi connectivity index (χ1n) is 5.79. The third-order valence-corrected chi connectivity index (χ3v) is 2.74. The van der Waals surface area contributed by atoms with Gasteiger partial charge in [-0.15, -0.1) is 0 Å². The maximum Gasteiger partial charge on any atom is 0.307 e. The van der Waals surface area contributed by atoms with Crippen LogP contribution in [0.4, 0.5) is 5.69 Å². The standard InChI is InChI=1S/C14H14N2O3/c1-16-8-2-3-12(16)14(19)15-11-6-4-10(5-7-11)9-13(17)18/h2-8H,9H2,1H3,(H,15,19)(H,17,18). The minimum absolute atomic E-state index is 0.0218. The average Bonchev–Trinajstić information content (AvgIpc) is 2.77. The van der Waals surface area contributed by atoms with Crippen molar-refractivity contribution in [2.75, 3.05) is 5.32 Å². The quantitative estimate of drug-likeness (QED) is 0.879. The lowest BCUT2D eigenvalue weighted by molar-refractivity contribution is -0.136. The van der Waals surface area contributed by atoms with E-state index in [1.54, 1.807) is 54.2 Å². The van der Waals surface area contributed by atoms with E-state index >= 15 is 0 Å². The van der Waals surface area contributed by atoms with Crippen molar-refractivity contribution >= 4 is 17.6 Å². The summed E-state index contributed by atoms with van der Waals surface area (Å²) in [5.41, 5.74) is 1.90. The molecule has 19 heavy (non-hydrogen) atoms. The molecule has 1 aromatic carbocycles. The van der Waals surface area contributed by atoms with Gasteiger partial charge in [-0.3, -0.25) is 9.59 Å². The van der Waals surface area contributed by atoms with Crippen molar-refractivity contribution in [3.63, 3.8) is 0 Å². The Morgan fingerprint density at radius 2 is 1.89 bits per heavy atom. The Kier molecular flexibility index (Phi) is 3.66. The summed E-state index contributed by atoms with van der Waals surface area (Å²) in [4.78, 5) is 22.5. The Morgan fingerprint density at radius 1 is 1.21 bits per heavy atom. The zero-order valence-electron chi connectivity index (χ0n) is 10.5. The summed E-state index contributed by atoms with van der Waals surface area (Å²) in [7, 11) is 1.80. The molecule has 5 heteroatoms. The molecular weight excluding hydrogens is 244 g/mol. The van der Waals surface area contributed by atoms with E-state index in [2.05, 4.69) is 5.32 Å². The number of nitrogens with one attached hydrogen (secondary N) is 1. The smallest absolute Gasteiger partial charge is 0.307 e. The van der Waals surface area contributed by atoms with E-state index in [0.29, 0.717) is 16.9 Å². The highest BCUT2D eigenvalue weighted by Crippen LogP contribution is 2.12. The van der Waals surface area contributed by atoms with Crippen molar-refractivity contribution in [2.45, 2.75) is 6.42 Å². The summed E-state index contributed by atoms with van der Waals surface area (Å²) < 4.78 is 1.73. The third kappa shape index (κ3) is 3.22. The molecule has 0 unspecified atom stereocenters. The monoisotopic (exact) mass is 258 g/mol. The van der Waals surface area contributed by atoms with Gasteiger partial charge in [0, 0.05) is 18.9 Å². The zero-order valence-corrected chi connectivity index (χ0v) is 10.5. The number of hydrogen-bond donors (Lipinski definition) is 2. The van der Waals surface area contributed by atoms with Gasteiger partial charge in [0.2, 0.25) is 0 Å². The average molecular weight is 258 g/mol. The van der Waals surface area contributed by atoms with E-state index in [-0.39, 0.29) is 12.3 Å². The van der Waals surface area contributed by atoms with Gasteiger partial charge >= 0.3 is 5.97 Å². The number of aliphatic carboxylic acids is 1. The number of hydrogen-bond acceptors (Lipinski definition) is 2. The molecule has 0 spiro atoms. The number of carbonyl (C=O) groups excluding carboxylic acids is 1. The minimum Gasteiger partial charge on any atom is -0.481 e. The number of carbonyl (C=O) groups is 2. The third-order valence-electron chi connectivity index (χ3n) is 2.74. The summed E-state index contributed by atoms with van der Waals surface area (Å²) in [6.45, 7) is 0. The van der Waals surface area contributed by atoms with Crippen molar-refractivity contribution in [1.82, 2.24) is 4.57 Å². The Morgan fingerprint density at radius 3 is 2.42 bits per heavy atom. The largest absolute Gasteiger partial charge is 0.481 e. The van der Waals surface area contributed by atoms with E-state index in [4.69, 9.17) is 5.11 Å². The first kappa shape index (κ1) is 12.9. The van der Waals surface area contributed by atoms with Gasteiger partial charge in [-0.1, -0.05) is 12.1 Å². The lowest BCUT2D eigenvalue weighted by Gasteiger charge is -2.06. The van der Waals surface area contributed by atoms with Crippen molar-refractivity contribution in [3.05, 3.63) is 53.9 Å². The second-order valence-corrected chi connectivity index (χ2v) is 4.23. The lowest BCUT2D eigenvalue weighted by atomic mass is 10.1. The zero-order chi connectivity index (χ0) is 13.8. The van der Waals surface area contributed by atoms with Crippen LogP contribution in [-0.2, 0) is 18.3 Å². The highest BCUT2D eigenvalue weighted by atomic mass is 16.4. The molecule has 1 amide bonds. The summed E-state index contributed by atoms with van der Waals surface area (Å²) in [5, 5.41) is 11.4. The first-order chi connectivity index (χ1) is 9.06. The Bertz CT molecular complexity index is 599. The Balaban J connectivity index is 2.06. The van der Waals surface area contributed by atoms with Crippen LogP contribution >= 0.6 is 0 Å². The van der Waals surface area contributed by atoms with Gasteiger partial charge in [-0.05, 0) is 29.8 Å². The molecule has 0 fully saturated rings. The number of amides is 1. The number of carboxylic acid groups (broad SMARTS) is 1. The normalized spacial score (nSPS) is 10.2. The van der Waals surface area contributed by atoms with E-state index in [1.165, 1.54) is 0 Å². The van der Waals surface area contributed by atoms with Crippen LogP contribution in [0.15, 0.2) is 42.6 Å². The maximum absolute atomic E-state index is 11.9. The molecule has 0 aliphatic rings. The van der Waals surface area contributed by atoms with Gasteiger partial charge in [0.15, 0.2) is 0 Å². The first-order valence-corrected chi connectivity index (χ1v) is 5.79. The topological polar surface area (TPSA) is 71.3 Å². The fourth-order valence-electron chi connectivity index (χ4n) is 1.77. The number of benzene rings is 1. The van der Waals surface area contributed by atoms with Gasteiger partial charge in [0.25, 0.3) is 5.91 Å². The van der Waals surface area contributed by atoms with Gasteiger partial charge in [-0.25, -0.2) is 0 Å². The SMILES string of the molecule is Cn1cccc1C(=O)Nc1ccc(CC(=O)O)cc1. The van der Waals surface area contributed by atoms with Crippen LogP contribution in [-0.4, -0.2) is 21.6 Å². The number of aryl methyl sites for hydroxylation is 1. The van der Waals surface area contributed by atoms with Crippen molar-refractivity contribution in [2.24, 2.45) is 7.05 Å². The van der Waals surface area contributed by atoms with E-state index in [9.17, 15) is 9.59 Å². The molecule has 2 aromatic rings. The van der Waals surface area contributed by atoms with Crippen molar-refractivity contribution in [1.29, 1.82) is 0 Å². The van der Waals surface area contributed by atoms with E-state index < -0.39 is 5.97 Å². The lowest BCUT2D eigenvalue weighted by Crippen LogP contribution is -2.15. The van der Waals surface area contributed by atoms with Crippen LogP contribution in [0.3, 0.4) is 0 Å². The highest BCUT2D eigenvalue weighted by molar-refractivity contribution is 6.03. The Hall–Kier alpha value is -2.56. The molecular formula is C14H14N2O3. The molecule has 2 rings (SSSR count). The van der Waals surface area contributed by atoms with Gasteiger partial charge in [0.05, 0.1) is 6.42 Å². The van der Waals surface area contributed by atoms with Crippen LogP contribution in [0.25, 0.3) is 0 Å². The molecule has 0 radical (unpaired) electrons. The summed E-state index contributed by atoms with van der Waals surface area (Å²) >= 11 is 0. The number of carboxylic acids is 1. The molecule has 0 aliphatic heterocycles. The second-order valence-electron chi connectivity index (χ2n) is 4.23. The molecule has 1 aromatic heterocycles. The van der Waals surface area contributed by atoms with Crippen LogP contribution in [0.2, 0.25) is 0 Å². The number of nitrogens with zero attached hydrogens (tertiary/aromatic N) is 1. The molecule has 98 valence electrons. The van der Waals surface area contributed by atoms with Gasteiger partial charge in [0.1, 0.15) is 5.69 Å². The van der Waals surface area contributed by atoms with Crippen molar-refractivity contribution in [3.8, 4) is 0 Å². The number of anilines is 1. The predicted molar refractivity (Wildman–Crippen MR) is 71.1 cm³/mol. The van der Waals surface area contributed by atoms with E-state index in [0.717, 1.165) is 0 Å². The minimum atomic E-state index is -0.874. The number of rotatable bonds is 4. The van der Waals surface area contributed by atoms with Crippen LogP contribution in [0.5, 0.6) is 0 Å². The summed E-state index contributed by atoms with van der Waals surface area (Å²) in [6, 6.07) is 10.3. The molecule has 0 aliphatic carbocycles. The van der Waals surface area contributed by atoms with Crippen LogP contribution < -0.4 is 5.32 Å². The van der Waals surface area contributed by atoms with E-state index in [1.807, 2.05) is 0 Å². The predicted octanol–water partition coefficient (Wildman–Crippen LogP) is 1.90. The fraction of sp³-hybridized carbons (Fsp3) is 0.143. The number of aromatic nitrogens is 1. The second kappa shape index (κ2) is 5.39. The van der Waals surface area contributed by atoms with Gasteiger partial charge < -0.3 is 15.0 Å². The molecule has 0 saturated carbocycles. The summed E-state index contributed by atoms with van der Waals surface area (Å²) in [6.07, 6.45) is 1.77. The molecule has 2 N–H and O–H groups in total. The maximum atomic E-state index is 11.9. The highest BCUT2D eigenvalue weighted by Gasteiger charge is 2.09. The molecule has 0 saturated heterocycles. The fourth-order valence-corrected chi connectivity index (χ4v) is 1.77. The molecule has 0 bridgehead atoms. The molecule has 0 atom stereocenters. The van der Waals surface area contributed by atoms with Gasteiger partial charge in [-0.2, -0.15) is 0 Å². The molecule has 1 heterocycles. The van der Waals surface area contributed by atoms with Crippen LogP contribution in [0.1, 0.15) is 16.1 Å². The van der Waals surface area contributed by atoms with Crippen molar-refractivity contribution < 1.29 is 14.7 Å². The Labute approximate surface area is 110 Å². The molecule has 5 nitrogen and oxygen atoms in total. The van der Waals surface area contributed by atoms with Crippen LogP contribution in [0, 0.1) is 0 Å². The summed E-state index contributed by atoms with van der Waals surface area (Å²) in [5.74, 6) is -1.07.